The lowest BCUT2D eigenvalue weighted by molar-refractivity contribution is -0.211. The number of carboxylic acids is 1. The van der Waals surface area contributed by atoms with Crippen LogP contribution < -0.4 is 25.5 Å². The number of fused-ring (bicyclic) bond motifs is 2. The van der Waals surface area contributed by atoms with Crippen molar-refractivity contribution in [2.75, 3.05) is 11.9 Å². The molecule has 0 saturated heterocycles. The number of hydrogen-bond donors (Lipinski definition) is 5. The molecule has 0 saturated carbocycles. The molecule has 5 N–H and O–H groups in total. The van der Waals surface area contributed by atoms with Crippen molar-refractivity contribution in [3.63, 3.8) is 0 Å². The second-order valence-electron chi connectivity index (χ2n) is 9.22. The Hall–Kier alpha value is -4.74. The average Bonchev–Trinajstić information content (AvgIpc) is 2.91. The smallest absolute Gasteiger partial charge is 0.336 e. The molecule has 0 spiro atoms. The van der Waals surface area contributed by atoms with Crippen LogP contribution in [0.1, 0.15) is 15.9 Å². The Kier molecular flexibility index (Phi) is 7.97. The Morgan fingerprint density at radius 2 is 1.76 bits per heavy atom. The van der Waals surface area contributed by atoms with Crippen LogP contribution in [0.2, 0.25) is 0 Å². The van der Waals surface area contributed by atoms with Crippen molar-refractivity contribution in [2.45, 2.75) is 6.42 Å². The predicted molar refractivity (Wildman–Crippen MR) is 158 cm³/mol. The van der Waals surface area contributed by atoms with Crippen molar-refractivity contribution in [1.29, 1.82) is 0 Å². The van der Waals surface area contributed by atoms with Gasteiger partial charge >= 0.3 is 13.8 Å². The van der Waals surface area contributed by atoms with E-state index < -0.39 is 13.8 Å². The van der Waals surface area contributed by atoms with E-state index in [0.29, 0.717) is 40.7 Å². The molecule has 0 fully saturated rings. The molecular formula is C29H22N2O9PS-. The van der Waals surface area contributed by atoms with Crippen LogP contribution >= 0.6 is 20.0 Å². The third-order valence-electron chi connectivity index (χ3n) is 6.30. The first kappa shape index (κ1) is 28.8. The van der Waals surface area contributed by atoms with Gasteiger partial charge in [-0.1, -0.05) is 12.1 Å². The number of hydrogen-bond acceptors (Lipinski definition) is 8. The van der Waals surface area contributed by atoms with E-state index in [4.69, 9.17) is 21.5 Å². The predicted octanol–water partition coefficient (Wildman–Crippen LogP) is 4.34. The lowest BCUT2D eigenvalue weighted by Gasteiger charge is -2.18. The number of benzene rings is 4. The highest BCUT2D eigenvalue weighted by Gasteiger charge is 2.22. The van der Waals surface area contributed by atoms with E-state index in [0.717, 1.165) is 5.56 Å². The molecule has 1 unspecified atom stereocenters. The van der Waals surface area contributed by atoms with E-state index in [1.54, 1.807) is 36.4 Å². The van der Waals surface area contributed by atoms with Gasteiger partial charge in [0.05, 0.1) is 5.56 Å². The zero-order chi connectivity index (χ0) is 30.0. The third-order valence-corrected chi connectivity index (χ3v) is 6.99. The van der Waals surface area contributed by atoms with E-state index in [9.17, 15) is 29.3 Å². The fraction of sp³-hybridized carbons (Fsp3) is 0.0690. The molecule has 1 atom stereocenters. The molecule has 1 heterocycles. The summed E-state index contributed by atoms with van der Waals surface area (Å²) < 4.78 is 21.2. The van der Waals surface area contributed by atoms with Crippen LogP contribution in [0.4, 0.5) is 5.69 Å². The second kappa shape index (κ2) is 11.6. The molecule has 3 aromatic carbocycles. The van der Waals surface area contributed by atoms with E-state index >= 15 is 0 Å². The monoisotopic (exact) mass is 605 g/mol. The highest BCUT2D eigenvalue weighted by molar-refractivity contribution is 7.80. The molecule has 1 aliphatic carbocycles. The third kappa shape index (κ3) is 6.59. The standard InChI is InChI=1S/C29H23N2O9PS/c32-18-4-9-22-25(14-18)39-26-15-19(33)5-10-23(26)27(22)24-13-17(3-8-21(24)28(34)35)31-29(42)30-12-11-16-1-6-20(7-2-16)40-41(36,37)38/h1-10,13-15,32H,11-12H2,(H,34,35)(H2,30,31,42)(H2,36,37,38)/p-1. The number of phosphoric acid groups is 1. The van der Waals surface area contributed by atoms with Crippen molar-refractivity contribution in [3.8, 4) is 33.9 Å². The first-order valence-corrected chi connectivity index (χ1v) is 14.3. The van der Waals surface area contributed by atoms with Crippen LogP contribution in [0.5, 0.6) is 11.5 Å². The van der Waals surface area contributed by atoms with Crippen LogP contribution in [0, 0.1) is 0 Å². The minimum atomic E-state index is -4.88. The molecule has 214 valence electrons. The molecule has 0 amide bonds. The lowest BCUT2D eigenvalue weighted by Crippen LogP contribution is -2.30. The van der Waals surface area contributed by atoms with Gasteiger partial charge in [-0.2, -0.15) is 0 Å². The normalized spacial score (nSPS) is 12.5. The van der Waals surface area contributed by atoms with Crippen molar-refractivity contribution < 1.29 is 38.3 Å². The zero-order valence-corrected chi connectivity index (χ0v) is 23.3. The number of phenols is 1. The van der Waals surface area contributed by atoms with Gasteiger partial charge in [0.15, 0.2) is 10.5 Å². The van der Waals surface area contributed by atoms with Gasteiger partial charge in [-0.25, -0.2) is 4.79 Å². The Labute approximate surface area is 243 Å². The Morgan fingerprint density at radius 3 is 2.48 bits per heavy atom. The molecular weight excluding hydrogens is 583 g/mol. The van der Waals surface area contributed by atoms with Crippen LogP contribution in [-0.4, -0.2) is 32.7 Å². The number of aromatic hydroxyl groups is 1. The van der Waals surface area contributed by atoms with Gasteiger partial charge in [-0.3, -0.25) is 9.36 Å². The highest BCUT2D eigenvalue weighted by Crippen LogP contribution is 2.42. The zero-order valence-electron chi connectivity index (χ0n) is 21.6. The molecule has 42 heavy (non-hydrogen) atoms. The Morgan fingerprint density at radius 1 is 1.00 bits per heavy atom. The minimum Gasteiger partial charge on any atom is -0.746 e. The number of nitrogens with one attached hydrogen (secondary N) is 2. The van der Waals surface area contributed by atoms with Crippen molar-refractivity contribution in [3.05, 3.63) is 100 Å². The number of phosphoric ester groups is 1. The maximum Gasteiger partial charge on any atom is 0.336 e. The second-order valence-corrected chi connectivity index (χ2v) is 10.7. The van der Waals surface area contributed by atoms with Crippen LogP contribution in [-0.2, 0) is 11.0 Å². The summed E-state index contributed by atoms with van der Waals surface area (Å²) in [5.41, 5.74) is 2.71. The van der Waals surface area contributed by atoms with E-state index in [-0.39, 0.29) is 38.9 Å². The van der Waals surface area contributed by atoms with Gasteiger partial charge in [0.1, 0.15) is 22.8 Å². The number of carboxylic acid groups (broad SMARTS) is 1. The van der Waals surface area contributed by atoms with E-state index in [1.807, 2.05) is 0 Å². The summed E-state index contributed by atoms with van der Waals surface area (Å²) in [6.07, 6.45) is 0.527. The number of anilines is 1. The highest BCUT2D eigenvalue weighted by atomic mass is 32.1. The molecule has 11 nitrogen and oxygen atoms in total. The van der Waals surface area contributed by atoms with Gasteiger partial charge in [0.2, 0.25) is 0 Å². The summed E-state index contributed by atoms with van der Waals surface area (Å²) >= 11 is 5.43. The first-order chi connectivity index (χ1) is 20.0. The number of thiocarbonyl (C=S) groups is 1. The molecule has 13 heteroatoms. The van der Waals surface area contributed by atoms with E-state index in [1.165, 1.54) is 42.5 Å². The number of rotatable bonds is 8. The summed E-state index contributed by atoms with van der Waals surface area (Å²) in [5, 5.41) is 26.9. The minimum absolute atomic E-state index is 0.00876. The Bertz CT molecular complexity index is 1900. The average molecular weight is 606 g/mol. The quantitative estimate of drug-likeness (QED) is 0.0960. The van der Waals surface area contributed by atoms with Crippen molar-refractivity contribution in [2.24, 2.45) is 0 Å². The summed E-state index contributed by atoms with van der Waals surface area (Å²) in [7, 11) is -4.88. The molecule has 0 bridgehead atoms. The van der Waals surface area contributed by atoms with Gasteiger partial charge in [0, 0.05) is 40.9 Å². The largest absolute Gasteiger partial charge is 0.746 e. The van der Waals surface area contributed by atoms with Gasteiger partial charge in [0.25, 0.3) is 0 Å². The first-order valence-electron chi connectivity index (χ1n) is 12.4. The van der Waals surface area contributed by atoms with Crippen LogP contribution in [0.3, 0.4) is 0 Å². The summed E-state index contributed by atoms with van der Waals surface area (Å²) in [5.74, 6) is -0.987. The number of carbonyl (C=O) groups is 1. The van der Waals surface area contributed by atoms with E-state index in [2.05, 4.69) is 15.2 Å². The number of aromatic carboxylic acids is 1. The molecule has 2 aliphatic rings. The molecule has 3 aromatic rings. The summed E-state index contributed by atoms with van der Waals surface area (Å²) in [4.78, 5) is 44.0. The molecule has 0 aromatic heterocycles. The summed E-state index contributed by atoms with van der Waals surface area (Å²) in [6.45, 7) is 0.419. The molecule has 5 rings (SSSR count). The lowest BCUT2D eigenvalue weighted by atomic mass is 9.90. The fourth-order valence-electron chi connectivity index (χ4n) is 4.51. The topological polar surface area (TPSA) is 181 Å². The van der Waals surface area contributed by atoms with Gasteiger partial charge in [-0.15, -0.1) is 0 Å². The van der Waals surface area contributed by atoms with Gasteiger partial charge < -0.3 is 39.6 Å². The fourth-order valence-corrected chi connectivity index (χ4v) is 5.12. The molecule has 0 radical (unpaired) electrons. The number of phenolic OH excluding ortho intramolecular Hbond substituents is 1. The van der Waals surface area contributed by atoms with Gasteiger partial charge in [-0.05, 0) is 84.4 Å². The summed E-state index contributed by atoms with van der Waals surface area (Å²) in [6, 6.07) is 19.5. The maximum atomic E-state index is 12.3. The van der Waals surface area contributed by atoms with Crippen molar-refractivity contribution in [1.82, 2.24) is 5.32 Å². The maximum absolute atomic E-state index is 12.3. The van der Waals surface area contributed by atoms with Crippen LogP contribution in [0.15, 0.2) is 88.1 Å². The molecule has 1 aliphatic heterocycles. The van der Waals surface area contributed by atoms with Crippen molar-refractivity contribution >= 4 is 47.8 Å². The Balaban J connectivity index is 1.40. The van der Waals surface area contributed by atoms with Crippen LogP contribution in [0.25, 0.3) is 33.4 Å². The SMILES string of the molecule is O=C(O)c1ccc(NC(=S)NCCc2ccc(OP(=O)([O-])O)cc2)cc1-c1c2ccc(=O)cc-2oc2cc(O)ccc12.